The molecule has 4 N–H and O–H groups in total. The van der Waals surface area contributed by atoms with Crippen molar-refractivity contribution in [2.45, 2.75) is 33.3 Å². The molecular formula is C12H21N5O2S. The van der Waals surface area contributed by atoms with Gasteiger partial charge in [-0.25, -0.2) is 4.79 Å². The lowest BCUT2D eigenvalue weighted by atomic mass is 10.2. The number of aryl methyl sites for hydroxylation is 1. The zero-order valence-electron chi connectivity index (χ0n) is 12.2. The third-order valence-electron chi connectivity index (χ3n) is 2.03. The molecule has 0 saturated carbocycles. The molecule has 7 nitrogen and oxygen atoms in total. The van der Waals surface area contributed by atoms with Gasteiger partial charge in [0.15, 0.2) is 10.9 Å². The summed E-state index contributed by atoms with van der Waals surface area (Å²) in [5, 5.41) is 15.8. The third-order valence-corrected chi connectivity index (χ3v) is 2.27. The number of rotatable bonds is 4. The van der Waals surface area contributed by atoms with Crippen molar-refractivity contribution in [2.75, 3.05) is 18.4 Å². The number of amides is 1. The number of hydrogen-bond donors (Lipinski definition) is 4. The number of alkyl carbamates (subject to hydrolysis) is 1. The average Bonchev–Trinajstić information content (AvgIpc) is 2.68. The predicted octanol–water partition coefficient (Wildman–Crippen LogP) is 1.53. The molecular weight excluding hydrogens is 278 g/mol. The Balaban J connectivity index is 2.15. The van der Waals surface area contributed by atoms with E-state index in [0.29, 0.717) is 24.0 Å². The highest BCUT2D eigenvalue weighted by molar-refractivity contribution is 7.80. The van der Waals surface area contributed by atoms with Gasteiger partial charge in [-0.3, -0.25) is 5.10 Å². The second-order valence-corrected chi connectivity index (χ2v) is 5.65. The van der Waals surface area contributed by atoms with Crippen LogP contribution in [-0.4, -0.2) is 40.1 Å². The number of aromatic amines is 1. The van der Waals surface area contributed by atoms with E-state index < -0.39 is 11.7 Å². The molecule has 1 rings (SSSR count). The van der Waals surface area contributed by atoms with Gasteiger partial charge in [-0.15, -0.1) is 0 Å². The number of H-pyrrole nitrogens is 1. The van der Waals surface area contributed by atoms with E-state index in [-0.39, 0.29) is 0 Å². The molecule has 112 valence electrons. The highest BCUT2D eigenvalue weighted by atomic mass is 32.1. The minimum Gasteiger partial charge on any atom is -0.444 e. The molecule has 0 spiro atoms. The van der Waals surface area contributed by atoms with Crippen LogP contribution in [0.5, 0.6) is 0 Å². The summed E-state index contributed by atoms with van der Waals surface area (Å²) in [6.07, 6.45) is -0.443. The minimum absolute atomic E-state index is 0.413. The molecule has 0 atom stereocenters. The van der Waals surface area contributed by atoms with E-state index in [0.717, 1.165) is 5.69 Å². The first-order chi connectivity index (χ1) is 9.26. The van der Waals surface area contributed by atoms with E-state index in [1.807, 2.05) is 33.8 Å². The van der Waals surface area contributed by atoms with Gasteiger partial charge >= 0.3 is 6.09 Å². The normalized spacial score (nSPS) is 10.8. The summed E-state index contributed by atoms with van der Waals surface area (Å²) in [6, 6.07) is 1.84. The molecule has 0 aliphatic carbocycles. The van der Waals surface area contributed by atoms with E-state index in [2.05, 4.69) is 26.1 Å². The largest absolute Gasteiger partial charge is 0.444 e. The van der Waals surface area contributed by atoms with Crippen molar-refractivity contribution < 1.29 is 9.53 Å². The Hall–Kier alpha value is -1.83. The van der Waals surface area contributed by atoms with Crippen LogP contribution >= 0.6 is 12.2 Å². The van der Waals surface area contributed by atoms with Gasteiger partial charge in [-0.2, -0.15) is 5.10 Å². The zero-order valence-corrected chi connectivity index (χ0v) is 13.0. The summed E-state index contributed by atoms with van der Waals surface area (Å²) in [5.74, 6) is 0.653. The molecule has 0 unspecified atom stereocenters. The first kappa shape index (κ1) is 16.2. The SMILES string of the molecule is Cc1cc(NC(=S)NCCNC(=O)OC(C)(C)C)n[nH]1. The molecule has 1 amide bonds. The van der Waals surface area contributed by atoms with Crippen LogP contribution in [0.2, 0.25) is 0 Å². The summed E-state index contributed by atoms with van der Waals surface area (Å²) in [7, 11) is 0. The van der Waals surface area contributed by atoms with E-state index in [4.69, 9.17) is 17.0 Å². The summed E-state index contributed by atoms with van der Waals surface area (Å²) in [5.41, 5.74) is 0.452. The molecule has 0 aromatic carbocycles. The van der Waals surface area contributed by atoms with Gasteiger partial charge in [0.25, 0.3) is 0 Å². The highest BCUT2D eigenvalue weighted by Crippen LogP contribution is 2.06. The Labute approximate surface area is 123 Å². The van der Waals surface area contributed by atoms with Gasteiger partial charge in [-0.05, 0) is 39.9 Å². The van der Waals surface area contributed by atoms with Gasteiger partial charge < -0.3 is 20.7 Å². The Kier molecular flexibility index (Phi) is 5.75. The number of aromatic nitrogens is 2. The quantitative estimate of drug-likeness (QED) is 0.498. The topological polar surface area (TPSA) is 91.1 Å². The number of hydrogen-bond acceptors (Lipinski definition) is 4. The van der Waals surface area contributed by atoms with Crippen LogP contribution in [0, 0.1) is 6.92 Å². The van der Waals surface area contributed by atoms with Crippen LogP contribution in [0.4, 0.5) is 10.6 Å². The molecule has 1 heterocycles. The van der Waals surface area contributed by atoms with Crippen LogP contribution in [0.15, 0.2) is 6.07 Å². The van der Waals surface area contributed by atoms with Gasteiger partial charge in [0.05, 0.1) is 0 Å². The Morgan fingerprint density at radius 2 is 2.05 bits per heavy atom. The van der Waals surface area contributed by atoms with Gasteiger partial charge in [-0.1, -0.05) is 0 Å². The first-order valence-electron chi connectivity index (χ1n) is 6.30. The summed E-state index contributed by atoms with van der Waals surface area (Å²) < 4.78 is 5.10. The molecule has 8 heteroatoms. The second-order valence-electron chi connectivity index (χ2n) is 5.25. The lowest BCUT2D eigenvalue weighted by Crippen LogP contribution is -2.39. The van der Waals surface area contributed by atoms with Crippen LogP contribution in [-0.2, 0) is 4.74 Å². The van der Waals surface area contributed by atoms with E-state index in [1.165, 1.54) is 0 Å². The molecule has 0 bridgehead atoms. The Bertz CT molecular complexity index is 467. The number of nitrogens with one attached hydrogen (secondary N) is 4. The third kappa shape index (κ3) is 6.93. The smallest absolute Gasteiger partial charge is 0.407 e. The van der Waals surface area contributed by atoms with E-state index in [9.17, 15) is 4.79 Å². The summed E-state index contributed by atoms with van der Waals surface area (Å²) in [4.78, 5) is 11.4. The number of ether oxygens (including phenoxy) is 1. The first-order valence-corrected chi connectivity index (χ1v) is 6.71. The molecule has 0 fully saturated rings. The number of carbonyl (C=O) groups excluding carboxylic acids is 1. The monoisotopic (exact) mass is 299 g/mol. The highest BCUT2D eigenvalue weighted by Gasteiger charge is 2.15. The number of thiocarbonyl (C=S) groups is 1. The second kappa shape index (κ2) is 7.09. The van der Waals surface area contributed by atoms with Gasteiger partial charge in [0, 0.05) is 24.8 Å². The van der Waals surface area contributed by atoms with Crippen molar-refractivity contribution >= 4 is 29.2 Å². The van der Waals surface area contributed by atoms with Crippen LogP contribution in [0.1, 0.15) is 26.5 Å². The summed E-state index contributed by atoms with van der Waals surface area (Å²) >= 11 is 5.09. The van der Waals surface area contributed by atoms with Crippen LogP contribution < -0.4 is 16.0 Å². The molecule has 20 heavy (non-hydrogen) atoms. The van der Waals surface area contributed by atoms with E-state index >= 15 is 0 Å². The number of nitrogens with zero attached hydrogens (tertiary/aromatic N) is 1. The maximum atomic E-state index is 11.4. The Morgan fingerprint density at radius 1 is 1.40 bits per heavy atom. The fourth-order valence-corrected chi connectivity index (χ4v) is 1.50. The predicted molar refractivity (Wildman–Crippen MR) is 81.8 cm³/mol. The molecule has 0 aliphatic rings. The number of carbonyl (C=O) groups is 1. The van der Waals surface area contributed by atoms with Crippen molar-refractivity contribution in [3.05, 3.63) is 11.8 Å². The maximum absolute atomic E-state index is 11.4. The van der Waals surface area contributed by atoms with Crippen LogP contribution in [0.3, 0.4) is 0 Å². The van der Waals surface area contributed by atoms with E-state index in [1.54, 1.807) is 0 Å². The standard InChI is InChI=1S/C12H21N5O2S/c1-8-7-9(17-16-8)15-10(20)13-5-6-14-11(18)19-12(2,3)4/h7H,5-6H2,1-4H3,(H,14,18)(H3,13,15,16,17,20). The van der Waals surface area contributed by atoms with Crippen molar-refractivity contribution in [3.63, 3.8) is 0 Å². The minimum atomic E-state index is -0.494. The average molecular weight is 299 g/mol. The maximum Gasteiger partial charge on any atom is 0.407 e. The molecule has 1 aromatic rings. The number of anilines is 1. The van der Waals surface area contributed by atoms with Crippen molar-refractivity contribution in [1.29, 1.82) is 0 Å². The molecule has 0 aliphatic heterocycles. The van der Waals surface area contributed by atoms with Gasteiger partial charge in [0.1, 0.15) is 5.60 Å². The zero-order chi connectivity index (χ0) is 15.2. The fraction of sp³-hybridized carbons (Fsp3) is 0.583. The molecule has 0 radical (unpaired) electrons. The fourth-order valence-electron chi connectivity index (χ4n) is 1.30. The van der Waals surface area contributed by atoms with Crippen molar-refractivity contribution in [1.82, 2.24) is 20.8 Å². The lowest BCUT2D eigenvalue weighted by molar-refractivity contribution is 0.0529. The lowest BCUT2D eigenvalue weighted by Gasteiger charge is -2.19. The summed E-state index contributed by atoms with van der Waals surface area (Å²) in [6.45, 7) is 8.26. The van der Waals surface area contributed by atoms with Crippen molar-refractivity contribution in [3.8, 4) is 0 Å². The Morgan fingerprint density at radius 3 is 2.60 bits per heavy atom. The van der Waals surface area contributed by atoms with Gasteiger partial charge in [0.2, 0.25) is 0 Å². The van der Waals surface area contributed by atoms with Crippen LogP contribution in [0.25, 0.3) is 0 Å². The van der Waals surface area contributed by atoms with Crippen molar-refractivity contribution in [2.24, 2.45) is 0 Å². The molecule has 0 saturated heterocycles. The molecule has 1 aromatic heterocycles.